The summed E-state index contributed by atoms with van der Waals surface area (Å²) in [6, 6.07) is 12.1. The van der Waals surface area contributed by atoms with E-state index in [2.05, 4.69) is 21.3 Å². The molecule has 2 fully saturated rings. The number of carbonyl (C=O) groups is 2. The molecule has 7 nitrogen and oxygen atoms in total. The fourth-order valence-corrected chi connectivity index (χ4v) is 5.58. The van der Waals surface area contributed by atoms with Gasteiger partial charge in [0.15, 0.2) is 0 Å². The summed E-state index contributed by atoms with van der Waals surface area (Å²) in [5.41, 5.74) is 1.95. The lowest BCUT2D eigenvalue weighted by Crippen LogP contribution is -2.30. The van der Waals surface area contributed by atoms with Gasteiger partial charge in [-0.2, -0.15) is 0 Å². The van der Waals surface area contributed by atoms with E-state index in [9.17, 15) is 9.59 Å². The molecule has 1 aliphatic heterocycles. The maximum Gasteiger partial charge on any atom is 0.268 e. The molecule has 0 unspecified atom stereocenters. The van der Waals surface area contributed by atoms with Crippen LogP contribution >= 0.6 is 11.3 Å². The van der Waals surface area contributed by atoms with Gasteiger partial charge in [-0.15, -0.1) is 11.3 Å². The van der Waals surface area contributed by atoms with Gasteiger partial charge in [-0.3, -0.25) is 14.9 Å². The number of nitrogens with zero attached hydrogens (tertiary/aromatic N) is 3. The van der Waals surface area contributed by atoms with Gasteiger partial charge in [0, 0.05) is 19.0 Å². The zero-order chi connectivity index (χ0) is 21.4. The summed E-state index contributed by atoms with van der Waals surface area (Å²) in [6.07, 6.45) is 4.84. The van der Waals surface area contributed by atoms with Crippen LogP contribution in [0, 0.1) is 5.92 Å². The van der Waals surface area contributed by atoms with Gasteiger partial charge in [-0.05, 0) is 69.5 Å². The molecule has 0 spiro atoms. The highest BCUT2D eigenvalue weighted by Gasteiger charge is 2.33. The highest BCUT2D eigenvalue weighted by molar-refractivity contribution is 7.18. The molecular weight excluding hydrogens is 410 g/mol. The molecule has 1 aromatic carbocycles. The van der Waals surface area contributed by atoms with Gasteiger partial charge in [0.25, 0.3) is 5.91 Å². The molecule has 1 saturated heterocycles. The van der Waals surface area contributed by atoms with Crippen molar-refractivity contribution in [1.29, 1.82) is 0 Å². The normalized spacial score (nSPS) is 20.9. The van der Waals surface area contributed by atoms with Crippen LogP contribution in [0.25, 0.3) is 11.0 Å². The highest BCUT2D eigenvalue weighted by atomic mass is 32.1. The number of rotatable bonds is 7. The molecule has 2 aromatic heterocycles. The van der Waals surface area contributed by atoms with E-state index < -0.39 is 0 Å². The maximum atomic E-state index is 13.0. The van der Waals surface area contributed by atoms with E-state index >= 15 is 0 Å². The van der Waals surface area contributed by atoms with Crippen LogP contribution in [0.4, 0.5) is 10.9 Å². The van der Waals surface area contributed by atoms with E-state index in [0.717, 1.165) is 48.4 Å². The monoisotopic (exact) mass is 437 g/mol. The van der Waals surface area contributed by atoms with Gasteiger partial charge < -0.3 is 14.8 Å². The van der Waals surface area contributed by atoms with Gasteiger partial charge in [0.1, 0.15) is 0 Å². The molecule has 3 aromatic rings. The summed E-state index contributed by atoms with van der Waals surface area (Å²) >= 11 is 1.36. The van der Waals surface area contributed by atoms with Gasteiger partial charge in [0.2, 0.25) is 11.9 Å². The molecule has 162 valence electrons. The smallest absolute Gasteiger partial charge is 0.268 e. The second-order valence-electron chi connectivity index (χ2n) is 8.42. The zero-order valence-corrected chi connectivity index (χ0v) is 18.5. The second-order valence-corrected chi connectivity index (χ2v) is 9.48. The molecule has 2 aliphatic rings. The lowest BCUT2D eigenvalue weighted by Gasteiger charge is -2.37. The number of aromatic nitrogens is 2. The molecule has 0 bridgehead atoms. The van der Waals surface area contributed by atoms with Crippen molar-refractivity contribution < 1.29 is 9.59 Å². The third-order valence-electron chi connectivity index (χ3n) is 6.35. The number of hydrogen-bond donors (Lipinski definition) is 2. The van der Waals surface area contributed by atoms with Crippen LogP contribution in [0.2, 0.25) is 0 Å². The molecular formula is C23H27N5O2S. The molecule has 2 amide bonds. The lowest BCUT2D eigenvalue weighted by atomic mass is 9.78. The molecule has 8 heteroatoms. The molecule has 0 radical (unpaired) electrons. The Morgan fingerprint density at radius 1 is 1.23 bits per heavy atom. The Labute approximate surface area is 185 Å². The minimum Gasteiger partial charge on any atom is -0.320 e. The summed E-state index contributed by atoms with van der Waals surface area (Å²) in [7, 11) is 1.99. The van der Waals surface area contributed by atoms with E-state index in [-0.39, 0.29) is 11.8 Å². The Balaban J connectivity index is 1.36. The van der Waals surface area contributed by atoms with Crippen LogP contribution in [-0.4, -0.2) is 41.5 Å². The Kier molecular flexibility index (Phi) is 5.50. The van der Waals surface area contributed by atoms with Crippen LogP contribution < -0.4 is 15.5 Å². The number of para-hydroxylation sites is 2. The highest BCUT2D eigenvalue weighted by Crippen LogP contribution is 2.43. The van der Waals surface area contributed by atoms with Gasteiger partial charge in [-0.1, -0.05) is 12.1 Å². The summed E-state index contributed by atoms with van der Waals surface area (Å²) in [4.78, 5) is 32.1. The summed E-state index contributed by atoms with van der Waals surface area (Å²) < 4.78 is 2.20. The Bertz CT molecular complexity index is 1110. The average Bonchev–Trinajstić information content (AvgIpc) is 3.45. The molecule has 0 atom stereocenters. The number of fused-ring (bicyclic) bond motifs is 1. The number of hydrogen-bond acceptors (Lipinski definition) is 5. The Morgan fingerprint density at radius 3 is 2.84 bits per heavy atom. The van der Waals surface area contributed by atoms with Gasteiger partial charge in [-0.25, -0.2) is 4.98 Å². The van der Waals surface area contributed by atoms with Crippen molar-refractivity contribution in [3.05, 3.63) is 41.3 Å². The van der Waals surface area contributed by atoms with Crippen LogP contribution in [0.5, 0.6) is 0 Å². The minimum absolute atomic E-state index is 0.133. The quantitative estimate of drug-likeness (QED) is 0.585. The summed E-state index contributed by atoms with van der Waals surface area (Å²) in [5, 5.41) is 7.11. The number of anilines is 2. The molecule has 5 rings (SSSR count). The van der Waals surface area contributed by atoms with E-state index in [4.69, 9.17) is 4.98 Å². The lowest BCUT2D eigenvalue weighted by molar-refractivity contribution is -0.117. The summed E-state index contributed by atoms with van der Waals surface area (Å²) in [6.45, 7) is 1.76. The number of benzene rings is 1. The van der Waals surface area contributed by atoms with E-state index in [1.54, 1.807) is 11.0 Å². The summed E-state index contributed by atoms with van der Waals surface area (Å²) in [5.74, 6) is 1.27. The maximum absolute atomic E-state index is 13.0. The van der Waals surface area contributed by atoms with Crippen molar-refractivity contribution in [2.75, 3.05) is 30.4 Å². The fraction of sp³-hybridized carbons (Fsp3) is 0.435. The van der Waals surface area contributed by atoms with Crippen molar-refractivity contribution in [2.24, 2.45) is 5.92 Å². The largest absolute Gasteiger partial charge is 0.320 e. The molecule has 31 heavy (non-hydrogen) atoms. The predicted molar refractivity (Wildman–Crippen MR) is 124 cm³/mol. The molecule has 1 saturated carbocycles. The first-order valence-electron chi connectivity index (χ1n) is 11.0. The average molecular weight is 438 g/mol. The van der Waals surface area contributed by atoms with Crippen molar-refractivity contribution in [1.82, 2.24) is 14.9 Å². The van der Waals surface area contributed by atoms with Crippen LogP contribution in [0.3, 0.4) is 0 Å². The van der Waals surface area contributed by atoms with Crippen LogP contribution in [0.1, 0.15) is 47.8 Å². The number of imidazole rings is 1. The van der Waals surface area contributed by atoms with Crippen molar-refractivity contribution in [2.45, 2.75) is 38.1 Å². The SMILES string of the molecule is CNCCC1CC(n2c(NC(=O)c3ccc(N4CCCC4=O)s3)nc3ccccc32)C1. The topological polar surface area (TPSA) is 79.3 Å². The minimum atomic E-state index is -0.175. The third-order valence-corrected chi connectivity index (χ3v) is 7.46. The number of amides is 2. The number of thiophene rings is 1. The van der Waals surface area contributed by atoms with Crippen molar-refractivity contribution >= 4 is 45.1 Å². The first-order valence-corrected chi connectivity index (χ1v) is 11.8. The number of carbonyl (C=O) groups excluding carboxylic acids is 2. The van der Waals surface area contributed by atoms with Gasteiger partial charge in [0.05, 0.1) is 20.9 Å². The Morgan fingerprint density at radius 2 is 2.06 bits per heavy atom. The van der Waals surface area contributed by atoms with Crippen LogP contribution in [-0.2, 0) is 4.79 Å². The third kappa shape index (κ3) is 3.85. The first kappa shape index (κ1) is 20.2. The number of nitrogens with one attached hydrogen (secondary N) is 2. The second kappa shape index (κ2) is 8.43. The molecule has 3 heterocycles. The van der Waals surface area contributed by atoms with Crippen molar-refractivity contribution in [3.8, 4) is 0 Å². The Hall–Kier alpha value is -2.71. The van der Waals surface area contributed by atoms with E-state index in [1.807, 2.05) is 31.3 Å². The van der Waals surface area contributed by atoms with E-state index in [0.29, 0.717) is 29.2 Å². The standard InChI is InChI=1S/C23H27N5O2S/c1-24-11-10-15-13-16(14-15)28-18-6-3-2-5-17(18)25-23(28)26-22(30)19-8-9-21(31-19)27-12-4-7-20(27)29/h2-3,5-6,8-9,15-16,24H,4,7,10-14H2,1H3,(H,25,26,30). The van der Waals surface area contributed by atoms with E-state index in [1.165, 1.54) is 17.8 Å². The molecule has 2 N–H and O–H groups in total. The predicted octanol–water partition coefficient (Wildman–Crippen LogP) is 4.04. The van der Waals surface area contributed by atoms with Crippen molar-refractivity contribution in [3.63, 3.8) is 0 Å². The zero-order valence-electron chi connectivity index (χ0n) is 17.6. The fourth-order valence-electron chi connectivity index (χ4n) is 4.64. The van der Waals surface area contributed by atoms with Gasteiger partial charge >= 0.3 is 0 Å². The first-order chi connectivity index (χ1) is 15.1. The molecule has 1 aliphatic carbocycles. The van der Waals surface area contributed by atoms with Crippen LogP contribution in [0.15, 0.2) is 36.4 Å².